The molecular weight excluding hydrogens is 214 g/mol. The third-order valence-electron chi connectivity index (χ3n) is 2.91. The summed E-state index contributed by atoms with van der Waals surface area (Å²) in [6.45, 7) is 5.73. The highest BCUT2D eigenvalue weighted by molar-refractivity contribution is 7.09. The Bertz CT molecular complexity index is 243. The molecule has 1 unspecified atom stereocenters. The van der Waals surface area contributed by atoms with Crippen molar-refractivity contribution in [3.05, 3.63) is 22.4 Å². The average Bonchev–Trinajstić information content (AvgIpc) is 2.78. The molecule has 1 atom stereocenters. The van der Waals surface area contributed by atoms with Crippen LogP contribution in [0.5, 0.6) is 0 Å². The molecule has 1 nitrogen and oxygen atoms in total. The lowest BCUT2D eigenvalue weighted by Crippen LogP contribution is -2.26. The van der Waals surface area contributed by atoms with Gasteiger partial charge in [-0.15, -0.1) is 11.3 Å². The molecule has 0 radical (unpaired) electrons. The second-order valence-electron chi connectivity index (χ2n) is 4.53. The van der Waals surface area contributed by atoms with E-state index >= 15 is 0 Å². The van der Waals surface area contributed by atoms with Gasteiger partial charge in [0.2, 0.25) is 0 Å². The number of nitrogens with one attached hydrogen (secondary N) is 1. The van der Waals surface area contributed by atoms with Crippen LogP contribution in [0.2, 0.25) is 0 Å². The fourth-order valence-electron chi connectivity index (χ4n) is 1.83. The van der Waals surface area contributed by atoms with E-state index in [9.17, 15) is 0 Å². The predicted molar refractivity (Wildman–Crippen MR) is 74.2 cm³/mol. The van der Waals surface area contributed by atoms with Crippen LogP contribution in [-0.2, 0) is 6.42 Å². The van der Waals surface area contributed by atoms with E-state index < -0.39 is 0 Å². The summed E-state index contributed by atoms with van der Waals surface area (Å²) >= 11 is 1.88. The third-order valence-corrected chi connectivity index (χ3v) is 3.85. The van der Waals surface area contributed by atoms with Crippen LogP contribution in [0.3, 0.4) is 0 Å². The van der Waals surface area contributed by atoms with E-state index in [1.165, 1.54) is 49.9 Å². The molecule has 0 aromatic carbocycles. The van der Waals surface area contributed by atoms with Gasteiger partial charge in [-0.1, -0.05) is 25.8 Å². The van der Waals surface area contributed by atoms with Gasteiger partial charge < -0.3 is 5.32 Å². The van der Waals surface area contributed by atoms with Crippen molar-refractivity contribution >= 4 is 11.3 Å². The van der Waals surface area contributed by atoms with Crippen molar-refractivity contribution in [2.45, 2.75) is 58.4 Å². The van der Waals surface area contributed by atoms with E-state index in [0.29, 0.717) is 6.04 Å². The van der Waals surface area contributed by atoms with Crippen LogP contribution in [0, 0.1) is 0 Å². The van der Waals surface area contributed by atoms with Crippen LogP contribution in [0.25, 0.3) is 0 Å². The smallest absolute Gasteiger partial charge is 0.00452 e. The van der Waals surface area contributed by atoms with Crippen LogP contribution < -0.4 is 5.32 Å². The van der Waals surface area contributed by atoms with Crippen molar-refractivity contribution in [3.63, 3.8) is 0 Å². The quantitative estimate of drug-likeness (QED) is 0.636. The molecule has 16 heavy (non-hydrogen) atoms. The molecule has 1 aromatic rings. The molecule has 0 saturated heterocycles. The van der Waals surface area contributed by atoms with E-state index in [-0.39, 0.29) is 0 Å². The summed E-state index contributed by atoms with van der Waals surface area (Å²) in [4.78, 5) is 1.53. The third kappa shape index (κ3) is 6.29. The van der Waals surface area contributed by atoms with Gasteiger partial charge in [-0.05, 0) is 50.6 Å². The minimum atomic E-state index is 0.690. The second-order valence-corrected chi connectivity index (χ2v) is 5.57. The molecule has 1 aromatic heterocycles. The highest BCUT2D eigenvalue weighted by Gasteiger charge is 2.00. The molecule has 0 bridgehead atoms. The van der Waals surface area contributed by atoms with E-state index in [0.717, 1.165) is 0 Å². The number of rotatable bonds is 9. The molecule has 1 heterocycles. The summed E-state index contributed by atoms with van der Waals surface area (Å²) in [5.41, 5.74) is 0. The van der Waals surface area contributed by atoms with Gasteiger partial charge in [-0.25, -0.2) is 0 Å². The maximum Gasteiger partial charge on any atom is 0.00452 e. The first-order valence-corrected chi connectivity index (χ1v) is 7.46. The zero-order valence-electron chi connectivity index (χ0n) is 10.7. The molecular formula is C14H25NS. The van der Waals surface area contributed by atoms with Crippen molar-refractivity contribution in [2.75, 3.05) is 6.54 Å². The van der Waals surface area contributed by atoms with Crippen LogP contribution in [0.15, 0.2) is 17.5 Å². The first-order chi connectivity index (χ1) is 7.83. The topological polar surface area (TPSA) is 12.0 Å². The number of unbranched alkanes of at least 4 members (excludes halogenated alkanes) is 2. The second kappa shape index (κ2) is 8.77. The Morgan fingerprint density at radius 3 is 2.88 bits per heavy atom. The molecule has 0 amide bonds. The van der Waals surface area contributed by atoms with Gasteiger partial charge in [0.1, 0.15) is 0 Å². The van der Waals surface area contributed by atoms with Crippen molar-refractivity contribution in [1.29, 1.82) is 0 Å². The zero-order valence-corrected chi connectivity index (χ0v) is 11.5. The molecule has 1 N–H and O–H groups in total. The van der Waals surface area contributed by atoms with Gasteiger partial charge >= 0.3 is 0 Å². The van der Waals surface area contributed by atoms with Crippen LogP contribution in [-0.4, -0.2) is 12.6 Å². The van der Waals surface area contributed by atoms with Gasteiger partial charge in [0.05, 0.1) is 0 Å². The van der Waals surface area contributed by atoms with Gasteiger partial charge in [0.25, 0.3) is 0 Å². The first-order valence-electron chi connectivity index (χ1n) is 6.58. The molecule has 92 valence electrons. The zero-order chi connectivity index (χ0) is 11.6. The Labute approximate surface area is 104 Å². The number of hydrogen-bond acceptors (Lipinski definition) is 2. The van der Waals surface area contributed by atoms with Crippen molar-refractivity contribution in [2.24, 2.45) is 0 Å². The molecule has 0 aliphatic carbocycles. The van der Waals surface area contributed by atoms with E-state index in [4.69, 9.17) is 0 Å². The Kier molecular flexibility index (Phi) is 7.52. The predicted octanol–water partition coefficient (Wildman–Crippen LogP) is 4.24. The summed E-state index contributed by atoms with van der Waals surface area (Å²) in [5, 5.41) is 5.75. The summed E-state index contributed by atoms with van der Waals surface area (Å²) in [7, 11) is 0. The summed E-state index contributed by atoms with van der Waals surface area (Å²) in [5.74, 6) is 0. The SMILES string of the molecule is CCCCNC(C)CCCCc1cccs1. The first kappa shape index (κ1) is 13.7. The number of hydrogen-bond donors (Lipinski definition) is 1. The normalized spacial score (nSPS) is 12.9. The maximum absolute atomic E-state index is 3.58. The number of aryl methyl sites for hydroxylation is 1. The molecule has 0 saturated carbocycles. The van der Waals surface area contributed by atoms with Gasteiger partial charge in [0.15, 0.2) is 0 Å². The fourth-order valence-corrected chi connectivity index (χ4v) is 2.58. The lowest BCUT2D eigenvalue weighted by atomic mass is 10.1. The standard InChI is InChI=1S/C14H25NS/c1-3-4-11-15-13(2)8-5-6-9-14-10-7-12-16-14/h7,10,12-13,15H,3-6,8-9,11H2,1-2H3. The highest BCUT2D eigenvalue weighted by atomic mass is 32.1. The van der Waals surface area contributed by atoms with E-state index in [1.807, 2.05) is 11.3 Å². The molecule has 2 heteroatoms. The van der Waals surface area contributed by atoms with Gasteiger partial charge in [0, 0.05) is 10.9 Å². The Morgan fingerprint density at radius 1 is 1.31 bits per heavy atom. The van der Waals surface area contributed by atoms with Crippen molar-refractivity contribution < 1.29 is 0 Å². The minimum absolute atomic E-state index is 0.690. The maximum atomic E-state index is 3.58. The molecule has 0 spiro atoms. The summed E-state index contributed by atoms with van der Waals surface area (Å²) in [6, 6.07) is 5.08. The van der Waals surface area contributed by atoms with E-state index in [1.54, 1.807) is 0 Å². The molecule has 1 rings (SSSR count). The molecule has 0 aliphatic heterocycles. The van der Waals surface area contributed by atoms with E-state index in [2.05, 4.69) is 36.7 Å². The lowest BCUT2D eigenvalue weighted by Gasteiger charge is -2.12. The highest BCUT2D eigenvalue weighted by Crippen LogP contribution is 2.13. The fraction of sp³-hybridized carbons (Fsp3) is 0.714. The largest absolute Gasteiger partial charge is 0.314 e. The van der Waals surface area contributed by atoms with Crippen LogP contribution >= 0.6 is 11.3 Å². The Balaban J connectivity index is 1.94. The Morgan fingerprint density at radius 2 is 2.19 bits per heavy atom. The van der Waals surface area contributed by atoms with Crippen LogP contribution in [0.4, 0.5) is 0 Å². The monoisotopic (exact) mass is 239 g/mol. The summed E-state index contributed by atoms with van der Waals surface area (Å²) < 4.78 is 0. The minimum Gasteiger partial charge on any atom is -0.314 e. The van der Waals surface area contributed by atoms with Crippen molar-refractivity contribution in [1.82, 2.24) is 5.32 Å². The van der Waals surface area contributed by atoms with Gasteiger partial charge in [-0.3, -0.25) is 0 Å². The molecule has 0 aliphatic rings. The van der Waals surface area contributed by atoms with Crippen LogP contribution in [0.1, 0.15) is 50.8 Å². The Hall–Kier alpha value is -0.340. The van der Waals surface area contributed by atoms with Gasteiger partial charge in [-0.2, -0.15) is 0 Å². The lowest BCUT2D eigenvalue weighted by molar-refractivity contribution is 0.483. The molecule has 0 fully saturated rings. The number of thiophene rings is 1. The van der Waals surface area contributed by atoms with Crippen molar-refractivity contribution in [3.8, 4) is 0 Å². The summed E-state index contributed by atoms with van der Waals surface area (Å²) in [6.07, 6.45) is 7.85. The average molecular weight is 239 g/mol.